The first-order valence-corrected chi connectivity index (χ1v) is 13.3. The van der Waals surface area contributed by atoms with Crippen LogP contribution in [0.4, 0.5) is 0 Å². The minimum Gasteiger partial charge on any atom is -0.493 e. The minimum atomic E-state index is -3.81. The van der Waals surface area contributed by atoms with E-state index in [9.17, 15) is 18.0 Å². The molecule has 0 radical (unpaired) electrons. The van der Waals surface area contributed by atoms with Crippen LogP contribution in [0.15, 0.2) is 94.7 Å². The Morgan fingerprint density at radius 2 is 0.897 bits per heavy atom. The van der Waals surface area contributed by atoms with Crippen molar-refractivity contribution in [2.24, 2.45) is 0 Å². The van der Waals surface area contributed by atoms with E-state index in [-0.39, 0.29) is 21.4 Å². The van der Waals surface area contributed by atoms with Crippen molar-refractivity contribution in [2.75, 3.05) is 14.2 Å². The Morgan fingerprint density at radius 3 is 1.21 bits per heavy atom. The first-order chi connectivity index (χ1) is 18.6. The maximum Gasteiger partial charge on any atom is 0.206 e. The van der Waals surface area contributed by atoms with Crippen molar-refractivity contribution in [3.05, 3.63) is 96.1 Å². The number of ketones is 2. The molecular formula is C30H26O8S. The number of Topliss-reactive ketones (excluding diaryl/α,β-unsaturated/α-hetero) is 2. The number of carbonyl (C=O) groups excluding carboxylic acids is 2. The zero-order valence-electron chi connectivity index (χ0n) is 21.8. The predicted molar refractivity (Wildman–Crippen MR) is 144 cm³/mol. The van der Waals surface area contributed by atoms with Gasteiger partial charge in [-0.1, -0.05) is 0 Å². The smallest absolute Gasteiger partial charge is 0.206 e. The number of methoxy groups -OCH3 is 2. The molecule has 9 heteroatoms. The van der Waals surface area contributed by atoms with Crippen molar-refractivity contribution in [1.29, 1.82) is 0 Å². The Balaban J connectivity index is 1.50. The van der Waals surface area contributed by atoms with Gasteiger partial charge in [-0.3, -0.25) is 9.59 Å². The second-order valence-corrected chi connectivity index (χ2v) is 10.4. The first-order valence-electron chi connectivity index (χ1n) is 11.8. The van der Waals surface area contributed by atoms with Crippen molar-refractivity contribution >= 4 is 21.4 Å². The topological polar surface area (TPSA) is 105 Å². The molecule has 4 aromatic carbocycles. The summed E-state index contributed by atoms with van der Waals surface area (Å²) >= 11 is 0. The summed E-state index contributed by atoms with van der Waals surface area (Å²) < 4.78 is 48.7. The van der Waals surface area contributed by atoms with Gasteiger partial charge in [0.15, 0.2) is 34.6 Å². The van der Waals surface area contributed by atoms with Crippen LogP contribution in [-0.2, 0) is 9.84 Å². The average Bonchev–Trinajstić information content (AvgIpc) is 2.93. The molecule has 0 saturated carbocycles. The molecule has 0 aliphatic carbocycles. The number of hydrogen-bond acceptors (Lipinski definition) is 8. The van der Waals surface area contributed by atoms with E-state index in [1.54, 1.807) is 60.7 Å². The molecule has 4 rings (SSSR count). The van der Waals surface area contributed by atoms with E-state index in [0.29, 0.717) is 45.6 Å². The van der Waals surface area contributed by atoms with Crippen LogP contribution in [0.5, 0.6) is 34.5 Å². The van der Waals surface area contributed by atoms with Crippen molar-refractivity contribution in [2.45, 2.75) is 23.6 Å². The molecule has 0 aliphatic rings. The first kappa shape index (κ1) is 27.4. The minimum absolute atomic E-state index is 0.0869. The Labute approximate surface area is 226 Å². The molecule has 0 unspecified atom stereocenters. The number of benzene rings is 4. The van der Waals surface area contributed by atoms with E-state index in [2.05, 4.69) is 0 Å². The van der Waals surface area contributed by atoms with E-state index in [4.69, 9.17) is 18.9 Å². The van der Waals surface area contributed by atoms with Crippen LogP contribution in [0.1, 0.15) is 34.6 Å². The van der Waals surface area contributed by atoms with Crippen LogP contribution in [0.2, 0.25) is 0 Å². The molecule has 0 amide bonds. The average molecular weight is 547 g/mol. The summed E-state index contributed by atoms with van der Waals surface area (Å²) in [6, 6.07) is 21.6. The van der Waals surface area contributed by atoms with E-state index in [1.807, 2.05) is 0 Å². The summed E-state index contributed by atoms with van der Waals surface area (Å²) in [5.41, 5.74) is 0.976. The van der Waals surface area contributed by atoms with Crippen molar-refractivity contribution in [3.63, 3.8) is 0 Å². The number of sulfone groups is 1. The lowest BCUT2D eigenvalue weighted by Gasteiger charge is -2.13. The third-order valence-electron chi connectivity index (χ3n) is 5.86. The summed E-state index contributed by atoms with van der Waals surface area (Å²) in [5, 5.41) is 0. The van der Waals surface area contributed by atoms with Gasteiger partial charge >= 0.3 is 0 Å². The van der Waals surface area contributed by atoms with Crippen molar-refractivity contribution in [3.8, 4) is 34.5 Å². The molecule has 39 heavy (non-hydrogen) atoms. The SMILES string of the molecule is COc1cc(C(C)=O)ccc1Oc1ccc(S(=O)(=O)c2ccc(Oc3ccc(C(C)=O)cc3OC)cc2)cc1. The summed E-state index contributed by atoms with van der Waals surface area (Å²) in [5.74, 6) is 2.15. The summed E-state index contributed by atoms with van der Waals surface area (Å²) in [7, 11) is -0.868. The second kappa shape index (κ2) is 11.4. The molecule has 0 heterocycles. The molecule has 0 aliphatic heterocycles. The number of ether oxygens (including phenoxy) is 4. The van der Waals surface area contributed by atoms with Crippen LogP contribution in [0, 0.1) is 0 Å². The Hall–Kier alpha value is -4.63. The molecule has 0 atom stereocenters. The zero-order chi connectivity index (χ0) is 28.2. The van der Waals surface area contributed by atoms with E-state index in [1.165, 1.54) is 52.3 Å². The molecule has 4 aromatic rings. The highest BCUT2D eigenvalue weighted by Gasteiger charge is 2.19. The fourth-order valence-electron chi connectivity index (χ4n) is 3.71. The Morgan fingerprint density at radius 1 is 0.538 bits per heavy atom. The van der Waals surface area contributed by atoms with Gasteiger partial charge in [-0.15, -0.1) is 0 Å². The second-order valence-electron chi connectivity index (χ2n) is 8.49. The van der Waals surface area contributed by atoms with E-state index < -0.39 is 9.84 Å². The highest BCUT2D eigenvalue weighted by Crippen LogP contribution is 2.35. The van der Waals surface area contributed by atoms with Crippen molar-refractivity contribution < 1.29 is 37.0 Å². The van der Waals surface area contributed by atoms with Gasteiger partial charge in [-0.2, -0.15) is 0 Å². The lowest BCUT2D eigenvalue weighted by atomic mass is 10.1. The lowest BCUT2D eigenvalue weighted by molar-refractivity contribution is 0.100. The van der Waals surface area contributed by atoms with Crippen LogP contribution in [-0.4, -0.2) is 34.2 Å². The van der Waals surface area contributed by atoms with Gasteiger partial charge in [-0.05, 0) is 98.8 Å². The van der Waals surface area contributed by atoms with Gasteiger partial charge in [0, 0.05) is 11.1 Å². The summed E-state index contributed by atoms with van der Waals surface area (Å²) in [6.45, 7) is 2.92. The van der Waals surface area contributed by atoms with Gasteiger partial charge in [0.05, 0.1) is 24.0 Å². The molecule has 0 spiro atoms. The largest absolute Gasteiger partial charge is 0.493 e. The molecule has 0 N–H and O–H groups in total. The highest BCUT2D eigenvalue weighted by molar-refractivity contribution is 7.91. The molecule has 0 saturated heterocycles. The zero-order valence-corrected chi connectivity index (χ0v) is 22.6. The number of carbonyl (C=O) groups is 2. The molecule has 200 valence electrons. The van der Waals surface area contributed by atoms with E-state index >= 15 is 0 Å². The fraction of sp³-hybridized carbons (Fsp3) is 0.133. The summed E-state index contributed by atoms with van der Waals surface area (Å²) in [4.78, 5) is 23.4. The monoisotopic (exact) mass is 546 g/mol. The van der Waals surface area contributed by atoms with Crippen LogP contribution in [0.3, 0.4) is 0 Å². The third-order valence-corrected chi connectivity index (χ3v) is 7.65. The Bertz CT molecular complexity index is 1510. The van der Waals surface area contributed by atoms with Gasteiger partial charge in [-0.25, -0.2) is 8.42 Å². The van der Waals surface area contributed by atoms with Crippen LogP contribution >= 0.6 is 0 Å². The highest BCUT2D eigenvalue weighted by atomic mass is 32.2. The van der Waals surface area contributed by atoms with E-state index in [0.717, 1.165) is 0 Å². The normalized spacial score (nSPS) is 11.0. The Kier molecular flexibility index (Phi) is 8.01. The third kappa shape index (κ3) is 6.10. The van der Waals surface area contributed by atoms with Gasteiger partial charge < -0.3 is 18.9 Å². The summed E-state index contributed by atoms with van der Waals surface area (Å²) in [6.07, 6.45) is 0. The van der Waals surface area contributed by atoms with Gasteiger partial charge in [0.1, 0.15) is 11.5 Å². The van der Waals surface area contributed by atoms with Crippen LogP contribution < -0.4 is 18.9 Å². The predicted octanol–water partition coefficient (Wildman–Crippen LogP) is 6.53. The molecule has 0 fully saturated rings. The maximum atomic E-state index is 13.2. The van der Waals surface area contributed by atoms with Gasteiger partial charge in [0.25, 0.3) is 0 Å². The van der Waals surface area contributed by atoms with Crippen molar-refractivity contribution in [1.82, 2.24) is 0 Å². The quantitative estimate of drug-likeness (QED) is 0.207. The maximum absolute atomic E-state index is 13.2. The molecular weight excluding hydrogens is 520 g/mol. The lowest BCUT2D eigenvalue weighted by Crippen LogP contribution is -2.02. The molecule has 0 aromatic heterocycles. The molecule has 0 bridgehead atoms. The van der Waals surface area contributed by atoms with Gasteiger partial charge in [0.2, 0.25) is 9.84 Å². The van der Waals surface area contributed by atoms with Crippen LogP contribution in [0.25, 0.3) is 0 Å². The molecule has 8 nitrogen and oxygen atoms in total. The standard InChI is InChI=1S/C30H26O8S/c1-19(31)21-5-15-27(29(17-21)35-3)37-23-7-11-25(12-8-23)39(33,34)26-13-9-24(10-14-26)38-28-16-6-22(20(2)32)18-30(28)36-4/h5-18H,1-4H3. The number of hydrogen-bond donors (Lipinski definition) is 0. The number of rotatable bonds is 10. The fourth-order valence-corrected chi connectivity index (χ4v) is 4.97.